The number of hydrogen-bond acceptors (Lipinski definition) is 8. The van der Waals surface area contributed by atoms with Crippen molar-refractivity contribution in [2.24, 2.45) is 11.0 Å². The van der Waals surface area contributed by atoms with E-state index in [4.69, 9.17) is 10.1 Å². The average Bonchev–Trinajstić information content (AvgIpc) is 3.45. The van der Waals surface area contributed by atoms with Gasteiger partial charge in [-0.1, -0.05) is 67.6 Å². The summed E-state index contributed by atoms with van der Waals surface area (Å²) in [5.74, 6) is -1.37. The van der Waals surface area contributed by atoms with Crippen LogP contribution >= 0.6 is 0 Å². The summed E-state index contributed by atoms with van der Waals surface area (Å²) >= 11 is 0. The van der Waals surface area contributed by atoms with Gasteiger partial charge in [-0.25, -0.2) is 8.42 Å². The van der Waals surface area contributed by atoms with Crippen molar-refractivity contribution >= 4 is 33.2 Å². The molecule has 2 unspecified atom stereocenters. The highest BCUT2D eigenvalue weighted by atomic mass is 32.2. The SMILES string of the molecule is CCC(C(=N)C(=O)Cc1ccc(COc2ccccc2)cc1)C1=NN(CC(NS(=O)(=O)c2ccccc2)C(=O)O)CC1. The molecule has 0 amide bonds. The first-order valence-electron chi connectivity index (χ1n) is 13.7. The number of carbonyl (C=O) groups excluding carboxylic acids is 1. The Balaban J connectivity index is 1.34. The molecule has 0 aliphatic carbocycles. The molecule has 42 heavy (non-hydrogen) atoms. The molecule has 0 fully saturated rings. The minimum absolute atomic E-state index is 0.0324. The molecule has 4 rings (SSSR count). The van der Waals surface area contributed by atoms with Crippen LogP contribution in [0.4, 0.5) is 0 Å². The molecule has 3 aromatic carbocycles. The van der Waals surface area contributed by atoms with Crippen LogP contribution in [0.15, 0.2) is 94.9 Å². The van der Waals surface area contributed by atoms with E-state index >= 15 is 0 Å². The molecule has 0 radical (unpaired) electrons. The number of ketones is 1. The Bertz CT molecular complexity index is 1530. The first-order valence-corrected chi connectivity index (χ1v) is 15.1. The Morgan fingerprint density at radius 1 is 1.00 bits per heavy atom. The van der Waals surface area contributed by atoms with Crippen LogP contribution < -0.4 is 9.46 Å². The number of Topliss-reactive ketones (excluding diaryl/α,β-unsaturated/α-hetero) is 1. The lowest BCUT2D eigenvalue weighted by Gasteiger charge is -2.20. The van der Waals surface area contributed by atoms with Crippen molar-refractivity contribution in [2.45, 2.75) is 43.7 Å². The average molecular weight is 591 g/mol. The van der Waals surface area contributed by atoms with Gasteiger partial charge in [0.2, 0.25) is 10.0 Å². The van der Waals surface area contributed by atoms with Crippen LogP contribution in [-0.2, 0) is 32.6 Å². The molecule has 0 saturated heterocycles. The van der Waals surface area contributed by atoms with Crippen LogP contribution in [0.3, 0.4) is 0 Å². The van der Waals surface area contributed by atoms with E-state index in [9.17, 15) is 23.1 Å². The van der Waals surface area contributed by atoms with Gasteiger partial charge >= 0.3 is 5.97 Å². The maximum atomic E-state index is 13.0. The summed E-state index contributed by atoms with van der Waals surface area (Å²) in [5, 5.41) is 24.3. The zero-order valence-electron chi connectivity index (χ0n) is 23.3. The number of hydrogen-bond donors (Lipinski definition) is 3. The third kappa shape index (κ3) is 8.11. The Morgan fingerprint density at radius 3 is 2.24 bits per heavy atom. The lowest BCUT2D eigenvalue weighted by molar-refractivity contribution is -0.139. The Morgan fingerprint density at radius 2 is 1.62 bits per heavy atom. The number of ether oxygens (including phenoxy) is 1. The lowest BCUT2D eigenvalue weighted by Crippen LogP contribution is -2.47. The molecule has 3 N–H and O–H groups in total. The van der Waals surface area contributed by atoms with Crippen LogP contribution in [0.2, 0.25) is 0 Å². The normalized spacial score (nSPS) is 14.6. The van der Waals surface area contributed by atoms with Crippen LogP contribution in [0.1, 0.15) is 30.9 Å². The largest absolute Gasteiger partial charge is 0.489 e. The van der Waals surface area contributed by atoms with E-state index in [-0.39, 0.29) is 29.4 Å². The van der Waals surface area contributed by atoms with Crippen molar-refractivity contribution in [1.82, 2.24) is 9.73 Å². The number of aliphatic carboxylic acids is 1. The first kappa shape index (κ1) is 30.6. The lowest BCUT2D eigenvalue weighted by atomic mass is 9.89. The second-order valence-corrected chi connectivity index (χ2v) is 11.7. The number of hydrazone groups is 1. The number of nitrogens with zero attached hydrogens (tertiary/aromatic N) is 2. The number of carbonyl (C=O) groups is 2. The highest BCUT2D eigenvalue weighted by Gasteiger charge is 2.32. The maximum Gasteiger partial charge on any atom is 0.323 e. The number of benzene rings is 3. The van der Waals surface area contributed by atoms with E-state index in [0.717, 1.165) is 16.9 Å². The van der Waals surface area contributed by atoms with Crippen molar-refractivity contribution in [3.63, 3.8) is 0 Å². The zero-order valence-corrected chi connectivity index (χ0v) is 24.1. The first-order chi connectivity index (χ1) is 20.2. The highest BCUT2D eigenvalue weighted by Crippen LogP contribution is 2.20. The van der Waals surface area contributed by atoms with Crippen LogP contribution in [0.25, 0.3) is 0 Å². The summed E-state index contributed by atoms with van der Waals surface area (Å²) in [6.45, 7) is 2.44. The molecule has 11 heteroatoms. The smallest absolute Gasteiger partial charge is 0.323 e. The minimum Gasteiger partial charge on any atom is -0.489 e. The Kier molecular flexibility index (Phi) is 10.2. The number of para-hydroxylation sites is 1. The van der Waals surface area contributed by atoms with E-state index in [1.54, 1.807) is 18.2 Å². The van der Waals surface area contributed by atoms with Crippen molar-refractivity contribution in [1.29, 1.82) is 5.41 Å². The molecule has 1 aliphatic heterocycles. The summed E-state index contributed by atoms with van der Waals surface area (Å²) < 4.78 is 33.3. The number of rotatable bonds is 15. The standard InChI is InChI=1S/C31H34N4O6S/c1-2-26(30(32)29(36)19-22-13-15-23(16-14-22)21-41-24-9-5-3-6-10-24)27-17-18-35(33-27)20-28(31(37)38)34-42(39,40)25-11-7-4-8-12-25/h3-16,26,28,32,34H,2,17-21H2,1H3,(H,37,38). The summed E-state index contributed by atoms with van der Waals surface area (Å²) in [5.41, 5.74) is 2.31. The van der Waals surface area contributed by atoms with Crippen molar-refractivity contribution in [3.8, 4) is 5.75 Å². The molecule has 1 heterocycles. The molecule has 0 aromatic heterocycles. The van der Waals surface area contributed by atoms with Crippen molar-refractivity contribution in [2.75, 3.05) is 13.1 Å². The molecule has 10 nitrogen and oxygen atoms in total. The second-order valence-electron chi connectivity index (χ2n) is 9.97. The minimum atomic E-state index is -4.05. The van der Waals surface area contributed by atoms with Gasteiger partial charge in [0, 0.05) is 31.0 Å². The van der Waals surface area contributed by atoms with Gasteiger partial charge in [-0.3, -0.25) is 14.6 Å². The van der Waals surface area contributed by atoms with Crippen molar-refractivity contribution in [3.05, 3.63) is 96.1 Å². The molecule has 3 aromatic rings. The topological polar surface area (TPSA) is 149 Å². The molecule has 0 spiro atoms. The molecule has 1 aliphatic rings. The fourth-order valence-electron chi connectivity index (χ4n) is 4.65. The van der Waals surface area contributed by atoms with Gasteiger partial charge in [-0.05, 0) is 41.8 Å². The molecule has 0 bridgehead atoms. The number of carboxylic acid groups (broad SMARTS) is 1. The third-order valence-electron chi connectivity index (χ3n) is 6.93. The molecule has 0 saturated carbocycles. The Hall–Kier alpha value is -4.35. The number of nitrogens with one attached hydrogen (secondary N) is 2. The highest BCUT2D eigenvalue weighted by molar-refractivity contribution is 7.89. The van der Waals surface area contributed by atoms with E-state index < -0.39 is 28.0 Å². The monoisotopic (exact) mass is 590 g/mol. The predicted octanol–water partition coefficient (Wildman–Crippen LogP) is 3.92. The molecular formula is C31H34N4O6S. The van der Waals surface area contributed by atoms with Gasteiger partial charge in [0.05, 0.1) is 17.2 Å². The zero-order chi connectivity index (χ0) is 30.1. The van der Waals surface area contributed by atoms with Gasteiger partial charge in [0.1, 0.15) is 18.4 Å². The van der Waals surface area contributed by atoms with Gasteiger partial charge < -0.3 is 15.3 Å². The second kappa shape index (κ2) is 14.0. The van der Waals surface area contributed by atoms with Gasteiger partial charge in [0.15, 0.2) is 5.78 Å². The quantitative estimate of drug-likeness (QED) is 0.227. The van der Waals surface area contributed by atoms with Crippen LogP contribution in [0.5, 0.6) is 5.75 Å². The van der Waals surface area contributed by atoms with Crippen LogP contribution in [0, 0.1) is 11.3 Å². The fourth-order valence-corrected chi connectivity index (χ4v) is 5.85. The van der Waals surface area contributed by atoms with Crippen molar-refractivity contribution < 1.29 is 27.9 Å². The van der Waals surface area contributed by atoms with E-state index in [2.05, 4.69) is 9.82 Å². The van der Waals surface area contributed by atoms with Crippen LogP contribution in [-0.4, -0.2) is 60.8 Å². The van der Waals surface area contributed by atoms with Gasteiger partial charge in [0.25, 0.3) is 0 Å². The number of carboxylic acids is 1. The number of sulfonamides is 1. The van der Waals surface area contributed by atoms with Gasteiger partial charge in [-0.2, -0.15) is 9.82 Å². The fraction of sp³-hybridized carbons (Fsp3) is 0.290. The maximum absolute atomic E-state index is 13.0. The summed E-state index contributed by atoms with van der Waals surface area (Å²) in [6, 6.07) is 23.1. The Labute approximate surface area is 245 Å². The molecular weight excluding hydrogens is 556 g/mol. The summed E-state index contributed by atoms with van der Waals surface area (Å²) in [4.78, 5) is 24.9. The summed E-state index contributed by atoms with van der Waals surface area (Å²) in [6.07, 6.45) is 1.01. The van der Waals surface area contributed by atoms with E-state index in [1.807, 2.05) is 61.5 Å². The van der Waals surface area contributed by atoms with E-state index in [1.165, 1.54) is 17.1 Å². The van der Waals surface area contributed by atoms with E-state index in [0.29, 0.717) is 31.7 Å². The third-order valence-corrected chi connectivity index (χ3v) is 8.42. The molecule has 2 atom stereocenters. The molecule has 220 valence electrons. The predicted molar refractivity (Wildman–Crippen MR) is 159 cm³/mol. The van der Waals surface area contributed by atoms with Gasteiger partial charge in [-0.15, -0.1) is 0 Å². The summed E-state index contributed by atoms with van der Waals surface area (Å²) in [7, 11) is -4.05.